The molecule has 168 valence electrons. The summed E-state index contributed by atoms with van der Waals surface area (Å²) in [5, 5.41) is 13.4. The van der Waals surface area contributed by atoms with E-state index in [0.717, 1.165) is 30.5 Å². The summed E-state index contributed by atoms with van der Waals surface area (Å²) in [5.74, 6) is -0.312. The monoisotopic (exact) mass is 434 g/mol. The highest BCUT2D eigenvalue weighted by Crippen LogP contribution is 2.34. The molecular formula is C25H30N4O3. The van der Waals surface area contributed by atoms with Crippen molar-refractivity contribution < 1.29 is 9.90 Å². The van der Waals surface area contributed by atoms with Crippen molar-refractivity contribution in [3.05, 3.63) is 63.4 Å². The van der Waals surface area contributed by atoms with E-state index in [1.165, 1.54) is 0 Å². The molecule has 0 amide bonds. The minimum atomic E-state index is -0.986. The molecule has 0 spiro atoms. The van der Waals surface area contributed by atoms with Crippen molar-refractivity contribution in [1.29, 1.82) is 0 Å². The summed E-state index contributed by atoms with van der Waals surface area (Å²) < 4.78 is 1.65. The number of aromatic carboxylic acids is 1. The van der Waals surface area contributed by atoms with Crippen LogP contribution in [0.2, 0.25) is 0 Å². The molecule has 1 fully saturated rings. The smallest absolute Gasteiger partial charge is 0.337 e. The lowest BCUT2D eigenvalue weighted by Crippen LogP contribution is -2.42. The highest BCUT2D eigenvalue weighted by Gasteiger charge is 2.34. The van der Waals surface area contributed by atoms with Crippen molar-refractivity contribution in [1.82, 2.24) is 9.55 Å². The fourth-order valence-electron chi connectivity index (χ4n) is 4.70. The van der Waals surface area contributed by atoms with Crippen LogP contribution < -0.4 is 15.8 Å². The lowest BCUT2D eigenvalue weighted by Gasteiger charge is -2.33. The first kappa shape index (κ1) is 21.9. The minimum Gasteiger partial charge on any atom is -0.478 e. The summed E-state index contributed by atoms with van der Waals surface area (Å²) in [5.41, 5.74) is 3.09. The van der Waals surface area contributed by atoms with Crippen molar-refractivity contribution in [2.24, 2.45) is 7.05 Å². The van der Waals surface area contributed by atoms with Crippen LogP contribution in [0.25, 0.3) is 10.9 Å². The van der Waals surface area contributed by atoms with Crippen molar-refractivity contribution in [2.45, 2.75) is 52.1 Å². The number of aryl methyl sites for hydroxylation is 1. The average molecular weight is 435 g/mol. The molecule has 0 bridgehead atoms. The normalized spacial score (nSPS) is 16.3. The zero-order chi connectivity index (χ0) is 23.2. The van der Waals surface area contributed by atoms with Crippen LogP contribution >= 0.6 is 0 Å². The van der Waals surface area contributed by atoms with E-state index in [9.17, 15) is 14.7 Å². The summed E-state index contributed by atoms with van der Waals surface area (Å²) >= 11 is 0. The summed E-state index contributed by atoms with van der Waals surface area (Å²) in [4.78, 5) is 32.2. The largest absolute Gasteiger partial charge is 0.478 e. The van der Waals surface area contributed by atoms with E-state index in [-0.39, 0.29) is 22.7 Å². The summed E-state index contributed by atoms with van der Waals surface area (Å²) in [6, 6.07) is 10.5. The van der Waals surface area contributed by atoms with E-state index >= 15 is 0 Å². The Kier molecular flexibility index (Phi) is 5.44. The number of para-hydroxylation sites is 1. The average Bonchev–Trinajstić information content (AvgIpc) is 3.09. The van der Waals surface area contributed by atoms with Gasteiger partial charge < -0.3 is 15.3 Å². The summed E-state index contributed by atoms with van der Waals surface area (Å²) in [6.45, 7) is 9.14. The Bertz CT molecular complexity index is 1260. The number of carboxylic acid groups (broad SMARTS) is 1. The predicted molar refractivity (Wildman–Crippen MR) is 128 cm³/mol. The number of nitrogens with zero attached hydrogens (tertiary/aromatic N) is 3. The molecule has 7 nitrogen and oxygen atoms in total. The first-order chi connectivity index (χ1) is 15.1. The molecule has 2 aromatic carbocycles. The van der Waals surface area contributed by atoms with E-state index in [4.69, 9.17) is 4.98 Å². The molecule has 0 aliphatic carbocycles. The van der Waals surface area contributed by atoms with Crippen molar-refractivity contribution in [3.8, 4) is 0 Å². The van der Waals surface area contributed by atoms with E-state index in [2.05, 4.69) is 24.1 Å². The highest BCUT2D eigenvalue weighted by molar-refractivity contribution is 5.94. The van der Waals surface area contributed by atoms with Gasteiger partial charge in [-0.25, -0.2) is 9.78 Å². The van der Waals surface area contributed by atoms with Gasteiger partial charge in [-0.3, -0.25) is 9.36 Å². The van der Waals surface area contributed by atoms with Gasteiger partial charge in [0.2, 0.25) is 5.95 Å². The molecule has 2 N–H and O–H groups in total. The third-order valence-corrected chi connectivity index (χ3v) is 6.47. The molecular weight excluding hydrogens is 404 g/mol. The molecule has 2 heterocycles. The summed E-state index contributed by atoms with van der Waals surface area (Å²) in [7, 11) is 1.78. The lowest BCUT2D eigenvalue weighted by atomic mass is 10.00. The maximum absolute atomic E-state index is 13.3. The molecule has 0 radical (unpaired) electrons. The second kappa shape index (κ2) is 7.97. The van der Waals surface area contributed by atoms with Gasteiger partial charge in [0.15, 0.2) is 0 Å². The number of aromatic nitrogens is 2. The van der Waals surface area contributed by atoms with Crippen LogP contribution in [0.3, 0.4) is 0 Å². The van der Waals surface area contributed by atoms with Gasteiger partial charge in [0.1, 0.15) is 0 Å². The topological polar surface area (TPSA) is 87.5 Å². The van der Waals surface area contributed by atoms with Gasteiger partial charge in [-0.05, 0) is 64.3 Å². The predicted octanol–water partition coefficient (Wildman–Crippen LogP) is 4.49. The highest BCUT2D eigenvalue weighted by atomic mass is 16.4. The number of rotatable bonds is 5. The second-order valence-electron chi connectivity index (χ2n) is 9.31. The Morgan fingerprint density at radius 2 is 1.97 bits per heavy atom. The Balaban J connectivity index is 1.86. The van der Waals surface area contributed by atoms with E-state index in [0.29, 0.717) is 22.5 Å². The number of carboxylic acids is 1. The van der Waals surface area contributed by atoms with Crippen LogP contribution in [0, 0.1) is 6.92 Å². The molecule has 1 atom stereocenters. The number of hydrogen-bond donors (Lipinski definition) is 2. The molecule has 32 heavy (non-hydrogen) atoms. The second-order valence-corrected chi connectivity index (χ2v) is 9.31. The lowest BCUT2D eigenvalue weighted by molar-refractivity contribution is 0.0698. The molecule has 3 aromatic rings. The first-order valence-electron chi connectivity index (χ1n) is 11.0. The van der Waals surface area contributed by atoms with Crippen LogP contribution in [0.5, 0.6) is 0 Å². The van der Waals surface area contributed by atoms with E-state index < -0.39 is 5.97 Å². The molecule has 1 aliphatic rings. The fourth-order valence-corrected chi connectivity index (χ4v) is 4.70. The van der Waals surface area contributed by atoms with Crippen LogP contribution in [0.15, 0.2) is 41.2 Å². The van der Waals surface area contributed by atoms with E-state index in [1.807, 2.05) is 26.0 Å². The number of anilines is 2. The maximum atomic E-state index is 13.3. The molecule has 7 heteroatoms. The molecule has 1 aliphatic heterocycles. The molecule has 1 unspecified atom stereocenters. The Morgan fingerprint density at radius 1 is 1.25 bits per heavy atom. The van der Waals surface area contributed by atoms with Gasteiger partial charge >= 0.3 is 5.97 Å². The van der Waals surface area contributed by atoms with Crippen LogP contribution in [0.4, 0.5) is 11.6 Å². The fraction of sp³-hybridized carbons (Fsp3) is 0.400. The molecule has 0 saturated carbocycles. The number of fused-ring (bicyclic) bond motifs is 1. The van der Waals surface area contributed by atoms with Gasteiger partial charge in [-0.2, -0.15) is 0 Å². The number of nitrogens with one attached hydrogen (secondary N) is 1. The van der Waals surface area contributed by atoms with Gasteiger partial charge in [0, 0.05) is 30.4 Å². The van der Waals surface area contributed by atoms with Crippen molar-refractivity contribution >= 4 is 28.5 Å². The van der Waals surface area contributed by atoms with Crippen molar-refractivity contribution in [2.75, 3.05) is 16.8 Å². The number of hydrogen-bond acceptors (Lipinski definition) is 5. The minimum absolute atomic E-state index is 0.0694. The maximum Gasteiger partial charge on any atom is 0.337 e. The van der Waals surface area contributed by atoms with E-state index in [1.54, 1.807) is 35.9 Å². The van der Waals surface area contributed by atoms with Gasteiger partial charge in [0.25, 0.3) is 5.56 Å². The van der Waals surface area contributed by atoms with Crippen LogP contribution in [-0.2, 0) is 7.05 Å². The Hall–Kier alpha value is -3.35. The zero-order valence-corrected chi connectivity index (χ0v) is 19.3. The summed E-state index contributed by atoms with van der Waals surface area (Å²) in [6.07, 6.45) is 2.11. The first-order valence-corrected chi connectivity index (χ1v) is 11.0. The SMILES string of the molecule is Cc1cc(C(C)Nc2ccccc2C(=O)O)c2nc(N3CCCC3(C)C)n(C)c(=O)c2c1. The van der Waals surface area contributed by atoms with Gasteiger partial charge in [-0.15, -0.1) is 0 Å². The van der Waals surface area contributed by atoms with Crippen molar-refractivity contribution in [3.63, 3.8) is 0 Å². The van der Waals surface area contributed by atoms with Crippen LogP contribution in [0.1, 0.15) is 61.1 Å². The van der Waals surface area contributed by atoms with Crippen LogP contribution in [-0.4, -0.2) is 32.7 Å². The standard InChI is InChI=1S/C25H30N4O3/c1-15-13-18(16(2)26-20-10-7-6-9-17(20)23(31)32)21-19(14-15)22(30)28(5)24(27-21)29-12-8-11-25(29,3)4/h6-7,9-10,13-14,16,26H,8,11-12H2,1-5H3,(H,31,32). The third-order valence-electron chi connectivity index (χ3n) is 6.47. The third kappa shape index (κ3) is 3.72. The Morgan fingerprint density at radius 3 is 2.62 bits per heavy atom. The number of benzene rings is 2. The Labute approximate surface area is 187 Å². The zero-order valence-electron chi connectivity index (χ0n) is 19.3. The molecule has 1 saturated heterocycles. The molecule has 1 aromatic heterocycles. The quantitative estimate of drug-likeness (QED) is 0.615. The molecule has 4 rings (SSSR count). The van der Waals surface area contributed by atoms with Gasteiger partial charge in [0.05, 0.1) is 22.5 Å². The number of carbonyl (C=O) groups is 1. The van der Waals surface area contributed by atoms with Gasteiger partial charge in [-0.1, -0.05) is 18.2 Å².